The monoisotopic (exact) mass is 224 g/mol. The molecule has 0 radical (unpaired) electrons. The summed E-state index contributed by atoms with van der Waals surface area (Å²) >= 11 is 1.47. The molecular weight excluding hydrogens is 212 g/mol. The lowest BCUT2D eigenvalue weighted by Gasteiger charge is -2.18. The number of hydrogen-bond acceptors (Lipinski definition) is 4. The first-order valence-electron chi connectivity index (χ1n) is 4.62. The van der Waals surface area contributed by atoms with Crippen molar-refractivity contribution in [2.45, 2.75) is 26.4 Å². The molecule has 2 rings (SSSR count). The van der Waals surface area contributed by atoms with Crippen LogP contribution in [0, 0.1) is 0 Å². The Morgan fingerprint density at radius 1 is 1.53 bits per heavy atom. The maximum Gasteiger partial charge on any atom is 0.436 e. The van der Waals surface area contributed by atoms with Gasteiger partial charge in [-0.05, 0) is 32.2 Å². The zero-order valence-electron chi connectivity index (χ0n) is 8.85. The molecule has 15 heavy (non-hydrogen) atoms. The number of thiophene rings is 1. The Hall–Kier alpha value is -1.36. The van der Waals surface area contributed by atoms with Crippen LogP contribution in [0.1, 0.15) is 20.8 Å². The van der Waals surface area contributed by atoms with E-state index in [-0.39, 0.29) is 0 Å². The van der Waals surface area contributed by atoms with Gasteiger partial charge in [-0.15, -0.1) is 11.3 Å². The number of ether oxygens (including phenoxy) is 1. The molecule has 2 heterocycles. The Balaban J connectivity index is 2.32. The van der Waals surface area contributed by atoms with E-state index in [4.69, 9.17) is 4.74 Å². The minimum Gasteiger partial charge on any atom is -0.442 e. The van der Waals surface area contributed by atoms with Crippen LogP contribution in [0.2, 0.25) is 0 Å². The summed E-state index contributed by atoms with van der Waals surface area (Å²) in [5.74, 6) is 0. The molecule has 2 aromatic rings. The topological polar surface area (TPSA) is 44.1 Å². The summed E-state index contributed by atoms with van der Waals surface area (Å²) in [7, 11) is 0. The highest BCUT2D eigenvalue weighted by atomic mass is 32.1. The largest absolute Gasteiger partial charge is 0.442 e. The van der Waals surface area contributed by atoms with Crippen molar-refractivity contribution in [2.75, 3.05) is 0 Å². The third-order valence-electron chi connectivity index (χ3n) is 1.75. The lowest BCUT2D eigenvalue weighted by atomic mass is 10.2. The minimum atomic E-state index is -0.493. The van der Waals surface area contributed by atoms with E-state index in [1.807, 2.05) is 32.2 Å². The highest BCUT2D eigenvalue weighted by molar-refractivity contribution is 7.16. The molecule has 0 unspecified atom stereocenters. The van der Waals surface area contributed by atoms with Gasteiger partial charge in [0.25, 0.3) is 0 Å². The minimum absolute atomic E-state index is 0.431. The van der Waals surface area contributed by atoms with Gasteiger partial charge in [-0.2, -0.15) is 9.78 Å². The van der Waals surface area contributed by atoms with Crippen molar-refractivity contribution in [2.24, 2.45) is 0 Å². The molecule has 0 aromatic carbocycles. The van der Waals surface area contributed by atoms with Gasteiger partial charge in [-0.1, -0.05) is 0 Å². The van der Waals surface area contributed by atoms with Gasteiger partial charge >= 0.3 is 6.09 Å². The zero-order chi connectivity index (χ0) is 11.1. The third-order valence-corrected chi connectivity index (χ3v) is 2.65. The Morgan fingerprint density at radius 2 is 2.27 bits per heavy atom. The van der Waals surface area contributed by atoms with Gasteiger partial charge in [-0.25, -0.2) is 4.79 Å². The molecule has 0 bridgehead atoms. The number of carbonyl (C=O) groups excluding carboxylic acids is 1. The van der Waals surface area contributed by atoms with Crippen molar-refractivity contribution in [1.82, 2.24) is 9.78 Å². The van der Waals surface area contributed by atoms with Crippen molar-refractivity contribution in [1.29, 1.82) is 0 Å². The summed E-state index contributed by atoms with van der Waals surface area (Å²) in [5.41, 5.74) is -0.493. The number of hydrogen-bond donors (Lipinski definition) is 0. The molecule has 5 heteroatoms. The molecule has 0 aliphatic carbocycles. The maximum atomic E-state index is 11.7. The second-order valence-electron chi connectivity index (χ2n) is 4.22. The summed E-state index contributed by atoms with van der Waals surface area (Å²) < 4.78 is 6.52. The number of carbonyl (C=O) groups is 1. The molecule has 0 spiro atoms. The van der Waals surface area contributed by atoms with Crippen molar-refractivity contribution < 1.29 is 9.53 Å². The van der Waals surface area contributed by atoms with Crippen LogP contribution in [0.25, 0.3) is 10.2 Å². The van der Waals surface area contributed by atoms with Crippen LogP contribution in [-0.2, 0) is 4.74 Å². The molecule has 0 fully saturated rings. The summed E-state index contributed by atoms with van der Waals surface area (Å²) in [6.07, 6.45) is 1.23. The van der Waals surface area contributed by atoms with E-state index in [0.29, 0.717) is 0 Å². The maximum absolute atomic E-state index is 11.7. The summed E-state index contributed by atoms with van der Waals surface area (Å²) in [5, 5.41) is 6.88. The van der Waals surface area contributed by atoms with Gasteiger partial charge in [0.05, 0.1) is 6.20 Å². The second kappa shape index (κ2) is 3.34. The van der Waals surface area contributed by atoms with E-state index in [1.165, 1.54) is 16.0 Å². The Labute approximate surface area is 91.5 Å². The highest BCUT2D eigenvalue weighted by Gasteiger charge is 2.20. The molecule has 4 nitrogen and oxygen atoms in total. The summed E-state index contributed by atoms with van der Waals surface area (Å²) in [6, 6.07) is 1.92. The van der Waals surface area contributed by atoms with Crippen LogP contribution in [0.4, 0.5) is 4.79 Å². The molecule has 0 saturated carbocycles. The number of aromatic nitrogens is 2. The predicted molar refractivity (Wildman–Crippen MR) is 59.2 cm³/mol. The highest BCUT2D eigenvalue weighted by Crippen LogP contribution is 2.21. The van der Waals surface area contributed by atoms with Crippen molar-refractivity contribution in [3.63, 3.8) is 0 Å². The standard InChI is InChI=1S/C10H12N2O2S/c1-10(2,3)14-9(13)12-8-7(6-11-12)4-5-15-8/h4-6H,1-3H3. The average molecular weight is 224 g/mol. The smallest absolute Gasteiger partial charge is 0.436 e. The first kappa shape index (κ1) is 10.2. The number of nitrogens with zero attached hydrogens (tertiary/aromatic N) is 2. The van der Waals surface area contributed by atoms with E-state index >= 15 is 0 Å². The van der Waals surface area contributed by atoms with Crippen LogP contribution in [-0.4, -0.2) is 21.5 Å². The first-order chi connectivity index (χ1) is 6.97. The Kier molecular flexibility index (Phi) is 2.26. The molecule has 0 amide bonds. The molecule has 0 N–H and O–H groups in total. The van der Waals surface area contributed by atoms with Gasteiger partial charge in [0.2, 0.25) is 0 Å². The molecule has 0 saturated heterocycles. The molecule has 0 aliphatic rings. The van der Waals surface area contributed by atoms with Gasteiger partial charge in [0, 0.05) is 5.39 Å². The van der Waals surface area contributed by atoms with Gasteiger partial charge in [0.15, 0.2) is 0 Å². The molecular formula is C10H12N2O2S. The molecule has 0 atom stereocenters. The van der Waals surface area contributed by atoms with Crippen LogP contribution >= 0.6 is 11.3 Å². The average Bonchev–Trinajstić information content (AvgIpc) is 2.57. The SMILES string of the molecule is CC(C)(C)OC(=O)n1ncc2ccsc21. The molecule has 2 aromatic heterocycles. The van der Waals surface area contributed by atoms with Gasteiger partial charge in [0.1, 0.15) is 10.4 Å². The summed E-state index contributed by atoms with van der Waals surface area (Å²) in [6.45, 7) is 5.50. The van der Waals surface area contributed by atoms with Gasteiger partial charge in [-0.3, -0.25) is 0 Å². The fourth-order valence-corrected chi connectivity index (χ4v) is 2.01. The van der Waals surface area contributed by atoms with Crippen molar-refractivity contribution in [3.8, 4) is 0 Å². The number of rotatable bonds is 0. The van der Waals surface area contributed by atoms with E-state index in [1.54, 1.807) is 6.20 Å². The van der Waals surface area contributed by atoms with E-state index in [9.17, 15) is 4.79 Å². The van der Waals surface area contributed by atoms with Crippen molar-refractivity contribution in [3.05, 3.63) is 17.6 Å². The van der Waals surface area contributed by atoms with Gasteiger partial charge < -0.3 is 4.74 Å². The lowest BCUT2D eigenvalue weighted by molar-refractivity contribution is 0.0523. The third kappa shape index (κ3) is 2.02. The Bertz CT molecular complexity index is 493. The second-order valence-corrected chi connectivity index (χ2v) is 5.11. The van der Waals surface area contributed by atoms with Crippen LogP contribution in [0.15, 0.2) is 17.6 Å². The van der Waals surface area contributed by atoms with Crippen molar-refractivity contribution >= 4 is 27.6 Å². The lowest BCUT2D eigenvalue weighted by Crippen LogP contribution is -2.27. The first-order valence-corrected chi connectivity index (χ1v) is 5.50. The fraction of sp³-hybridized carbons (Fsp3) is 0.400. The fourth-order valence-electron chi connectivity index (χ4n) is 1.19. The van der Waals surface area contributed by atoms with Crippen LogP contribution in [0.3, 0.4) is 0 Å². The molecule has 80 valence electrons. The van der Waals surface area contributed by atoms with Crippen LogP contribution in [0.5, 0.6) is 0 Å². The van der Waals surface area contributed by atoms with E-state index < -0.39 is 11.7 Å². The Morgan fingerprint density at radius 3 is 2.93 bits per heavy atom. The predicted octanol–water partition coefficient (Wildman–Crippen LogP) is 2.88. The van der Waals surface area contributed by atoms with E-state index in [2.05, 4.69) is 5.10 Å². The van der Waals surface area contributed by atoms with E-state index in [0.717, 1.165) is 10.2 Å². The normalized spacial score (nSPS) is 11.9. The van der Waals surface area contributed by atoms with Crippen LogP contribution < -0.4 is 0 Å². The summed E-state index contributed by atoms with van der Waals surface area (Å²) in [4.78, 5) is 12.5. The number of fused-ring (bicyclic) bond motifs is 1. The quantitative estimate of drug-likeness (QED) is 0.691. The zero-order valence-corrected chi connectivity index (χ0v) is 9.67. The molecule has 0 aliphatic heterocycles.